The van der Waals surface area contributed by atoms with E-state index in [0.29, 0.717) is 22.3 Å². The number of carbonyl (C=O) groups excluding carboxylic acids is 1. The molecule has 0 saturated carbocycles. The van der Waals surface area contributed by atoms with Crippen molar-refractivity contribution in [2.24, 2.45) is 0 Å². The Balaban J connectivity index is 1.61. The zero-order valence-electron chi connectivity index (χ0n) is 14.3. The number of carbonyl (C=O) groups is 1. The van der Waals surface area contributed by atoms with Crippen molar-refractivity contribution in [2.45, 2.75) is 6.42 Å². The van der Waals surface area contributed by atoms with Gasteiger partial charge in [-0.3, -0.25) is 9.52 Å². The average Bonchev–Trinajstić information content (AvgIpc) is 3.04. The third-order valence-corrected chi connectivity index (χ3v) is 4.81. The second-order valence-electron chi connectivity index (χ2n) is 5.80. The molecule has 2 aromatic heterocycles. The minimum absolute atomic E-state index is 0.149. The lowest BCUT2D eigenvalue weighted by atomic mass is 10.1. The summed E-state index contributed by atoms with van der Waals surface area (Å²) in [5.74, 6) is 0.189. The molecule has 0 aliphatic heterocycles. The molecule has 4 N–H and O–H groups in total. The molecule has 2 heterocycles. The predicted octanol–water partition coefficient (Wildman–Crippen LogP) is 2.34. The molecule has 0 radical (unpaired) electrons. The van der Waals surface area contributed by atoms with Crippen LogP contribution in [0.4, 0.5) is 16.6 Å². The first-order chi connectivity index (χ1) is 12.8. The second-order valence-corrected chi connectivity index (χ2v) is 8.41. The van der Waals surface area contributed by atoms with Crippen molar-refractivity contribution >= 4 is 43.9 Å². The Kier molecular flexibility index (Phi) is 5.38. The molecule has 0 aliphatic carbocycles. The zero-order chi connectivity index (χ0) is 19.4. The maximum atomic E-state index is 12.2. The van der Waals surface area contributed by atoms with Crippen molar-refractivity contribution < 1.29 is 13.2 Å². The number of amides is 1. The second kappa shape index (κ2) is 7.72. The molecule has 3 rings (SSSR count). The summed E-state index contributed by atoms with van der Waals surface area (Å²) >= 11 is 1.32. The van der Waals surface area contributed by atoms with Gasteiger partial charge in [0.25, 0.3) is 0 Å². The summed E-state index contributed by atoms with van der Waals surface area (Å²) in [5, 5.41) is 5.07. The van der Waals surface area contributed by atoms with E-state index in [2.05, 4.69) is 20.0 Å². The number of anilines is 3. The van der Waals surface area contributed by atoms with Gasteiger partial charge < -0.3 is 11.1 Å². The Hall–Kier alpha value is -2.98. The average molecular weight is 403 g/mol. The molecule has 0 fully saturated rings. The van der Waals surface area contributed by atoms with Crippen molar-refractivity contribution in [2.75, 3.05) is 22.0 Å². The third-order valence-electron chi connectivity index (χ3n) is 3.45. The van der Waals surface area contributed by atoms with Crippen LogP contribution in [0.2, 0.25) is 0 Å². The van der Waals surface area contributed by atoms with Crippen LogP contribution >= 0.6 is 11.3 Å². The van der Waals surface area contributed by atoms with Crippen molar-refractivity contribution in [3.8, 4) is 11.3 Å². The summed E-state index contributed by atoms with van der Waals surface area (Å²) < 4.78 is 24.8. The van der Waals surface area contributed by atoms with Gasteiger partial charge in [-0.1, -0.05) is 12.1 Å². The first kappa shape index (κ1) is 18.8. The molecule has 0 bridgehead atoms. The van der Waals surface area contributed by atoms with E-state index in [-0.39, 0.29) is 12.3 Å². The lowest BCUT2D eigenvalue weighted by molar-refractivity contribution is -0.115. The van der Waals surface area contributed by atoms with Gasteiger partial charge in [0.05, 0.1) is 18.4 Å². The summed E-state index contributed by atoms with van der Waals surface area (Å²) in [6, 6.07) is 10.1. The fraction of sp³-hybridized carbons (Fsp3) is 0.118. The third kappa shape index (κ3) is 5.50. The van der Waals surface area contributed by atoms with Gasteiger partial charge in [0, 0.05) is 22.8 Å². The summed E-state index contributed by atoms with van der Waals surface area (Å²) in [7, 11) is -3.33. The molecule has 1 aromatic carbocycles. The Morgan fingerprint density at radius 3 is 2.63 bits per heavy atom. The Labute approximate surface area is 160 Å². The lowest BCUT2D eigenvalue weighted by Crippen LogP contribution is -2.14. The van der Waals surface area contributed by atoms with Crippen molar-refractivity contribution in [1.82, 2.24) is 9.97 Å². The molecule has 1 amide bonds. The number of nitrogens with zero attached hydrogens (tertiary/aromatic N) is 2. The van der Waals surface area contributed by atoms with E-state index >= 15 is 0 Å². The highest BCUT2D eigenvalue weighted by Crippen LogP contribution is 2.25. The Morgan fingerprint density at radius 1 is 1.22 bits per heavy atom. The fourth-order valence-corrected chi connectivity index (χ4v) is 3.63. The Bertz CT molecular complexity index is 1060. The van der Waals surface area contributed by atoms with Crippen LogP contribution in [0.25, 0.3) is 11.3 Å². The fourth-order valence-electron chi connectivity index (χ4n) is 2.32. The number of nitrogens with two attached hydrogens (primary N) is 1. The van der Waals surface area contributed by atoms with Crippen molar-refractivity contribution in [3.63, 3.8) is 0 Å². The number of nitrogens with one attached hydrogen (secondary N) is 2. The summed E-state index contributed by atoms with van der Waals surface area (Å²) in [4.78, 5) is 20.5. The van der Waals surface area contributed by atoms with Crippen LogP contribution in [0.15, 0.2) is 48.0 Å². The van der Waals surface area contributed by atoms with Gasteiger partial charge in [-0.15, -0.1) is 11.3 Å². The highest BCUT2D eigenvalue weighted by atomic mass is 32.2. The van der Waals surface area contributed by atoms with Crippen LogP contribution in [0, 0.1) is 0 Å². The van der Waals surface area contributed by atoms with Gasteiger partial charge in [0.15, 0.2) is 5.13 Å². The lowest BCUT2D eigenvalue weighted by Gasteiger charge is -2.06. The minimum atomic E-state index is -3.33. The smallest absolute Gasteiger partial charge is 0.230 e. The van der Waals surface area contributed by atoms with Crippen LogP contribution in [0.3, 0.4) is 0 Å². The van der Waals surface area contributed by atoms with E-state index in [9.17, 15) is 13.2 Å². The molecule has 10 heteroatoms. The zero-order valence-corrected chi connectivity index (χ0v) is 16.0. The number of sulfonamides is 1. The number of hydrogen-bond donors (Lipinski definition) is 3. The van der Waals surface area contributed by atoms with Gasteiger partial charge in [-0.05, 0) is 29.8 Å². The monoisotopic (exact) mass is 403 g/mol. The summed E-state index contributed by atoms with van der Waals surface area (Å²) in [6.07, 6.45) is 2.83. The maximum Gasteiger partial charge on any atom is 0.230 e. The molecule has 3 aromatic rings. The van der Waals surface area contributed by atoms with Gasteiger partial charge in [0.1, 0.15) is 5.82 Å². The first-order valence-corrected chi connectivity index (χ1v) is 10.6. The molecule has 0 spiro atoms. The van der Waals surface area contributed by atoms with Gasteiger partial charge in [-0.25, -0.2) is 18.4 Å². The SMILES string of the molecule is CS(=O)(=O)Nc1ccc(CC(=O)Nc2nc(-c3ccnc(N)c3)cs2)cc1. The van der Waals surface area contributed by atoms with E-state index in [0.717, 1.165) is 17.4 Å². The quantitative estimate of drug-likeness (QED) is 0.580. The number of rotatable bonds is 6. The number of aromatic nitrogens is 2. The van der Waals surface area contributed by atoms with Crippen LogP contribution in [-0.4, -0.2) is 30.5 Å². The molecule has 27 heavy (non-hydrogen) atoms. The van der Waals surface area contributed by atoms with Crippen LogP contribution in [0.5, 0.6) is 0 Å². The first-order valence-electron chi connectivity index (χ1n) is 7.82. The van der Waals surface area contributed by atoms with Gasteiger partial charge >= 0.3 is 0 Å². The number of nitrogen functional groups attached to an aromatic ring is 1. The molecule has 0 atom stereocenters. The Morgan fingerprint density at radius 2 is 1.96 bits per heavy atom. The molecule has 0 unspecified atom stereocenters. The van der Waals surface area contributed by atoms with E-state index in [1.807, 2.05) is 5.38 Å². The standard InChI is InChI=1S/C17H17N5O3S2/c1-27(24,25)22-13-4-2-11(3-5-13)8-16(23)21-17-20-14(10-26-17)12-6-7-19-15(18)9-12/h2-7,9-10,22H,8H2,1H3,(H2,18,19)(H,20,21,23). The number of benzene rings is 1. The molecular weight excluding hydrogens is 386 g/mol. The largest absolute Gasteiger partial charge is 0.384 e. The molecular formula is C17H17N5O3S2. The predicted molar refractivity (Wildman–Crippen MR) is 107 cm³/mol. The summed E-state index contributed by atoms with van der Waals surface area (Å²) in [5.41, 5.74) is 8.41. The maximum absolute atomic E-state index is 12.2. The molecule has 0 saturated heterocycles. The minimum Gasteiger partial charge on any atom is -0.384 e. The van der Waals surface area contributed by atoms with Crippen LogP contribution < -0.4 is 15.8 Å². The summed E-state index contributed by atoms with van der Waals surface area (Å²) in [6.45, 7) is 0. The number of thiazole rings is 1. The van der Waals surface area contributed by atoms with Crippen molar-refractivity contribution in [3.05, 3.63) is 53.5 Å². The topological polar surface area (TPSA) is 127 Å². The van der Waals surface area contributed by atoms with Crippen molar-refractivity contribution in [1.29, 1.82) is 0 Å². The van der Waals surface area contributed by atoms with Crippen LogP contribution in [0.1, 0.15) is 5.56 Å². The van der Waals surface area contributed by atoms with Gasteiger partial charge in [0.2, 0.25) is 15.9 Å². The normalized spacial score (nSPS) is 11.1. The molecule has 8 nitrogen and oxygen atoms in total. The van der Waals surface area contributed by atoms with E-state index in [1.54, 1.807) is 42.6 Å². The van der Waals surface area contributed by atoms with E-state index in [1.165, 1.54) is 11.3 Å². The number of hydrogen-bond acceptors (Lipinski definition) is 7. The van der Waals surface area contributed by atoms with Gasteiger partial charge in [-0.2, -0.15) is 0 Å². The molecule has 140 valence electrons. The van der Waals surface area contributed by atoms with E-state index < -0.39 is 10.0 Å². The van der Waals surface area contributed by atoms with Crippen LogP contribution in [-0.2, 0) is 21.2 Å². The highest BCUT2D eigenvalue weighted by molar-refractivity contribution is 7.92. The number of pyridine rings is 1. The molecule has 0 aliphatic rings. The van der Waals surface area contributed by atoms with E-state index in [4.69, 9.17) is 5.73 Å². The highest BCUT2D eigenvalue weighted by Gasteiger charge is 2.10.